The van der Waals surface area contributed by atoms with Crippen LogP contribution in [0.15, 0.2) is 18.2 Å². The Hall–Kier alpha value is -2.72. The molecule has 0 fully saturated rings. The molecule has 0 bridgehead atoms. The van der Waals surface area contributed by atoms with Gasteiger partial charge in [0.05, 0.1) is 24.8 Å². The summed E-state index contributed by atoms with van der Waals surface area (Å²) in [5.74, 6) is -0.744. The van der Waals surface area contributed by atoms with E-state index < -0.39 is 11.8 Å². The van der Waals surface area contributed by atoms with Crippen LogP contribution in [0, 0.1) is 17.1 Å². The summed E-state index contributed by atoms with van der Waals surface area (Å²) in [4.78, 5) is 12.2. The van der Waals surface area contributed by atoms with E-state index in [0.717, 1.165) is 17.8 Å². The van der Waals surface area contributed by atoms with Crippen LogP contribution in [-0.4, -0.2) is 28.9 Å². The van der Waals surface area contributed by atoms with E-state index >= 15 is 0 Å². The zero-order chi connectivity index (χ0) is 18.0. The number of benzene rings is 1. The second kappa shape index (κ2) is 7.03. The van der Waals surface area contributed by atoms with Gasteiger partial charge in [-0.2, -0.15) is 10.4 Å². The van der Waals surface area contributed by atoms with Crippen molar-refractivity contribution in [2.45, 2.75) is 32.9 Å². The molecule has 1 aromatic carbocycles. The van der Waals surface area contributed by atoms with Crippen molar-refractivity contribution in [1.82, 2.24) is 15.1 Å². The number of carbonyl (C=O) groups excluding carboxylic acids is 1. The third-order valence-electron chi connectivity index (χ3n) is 4.29. The van der Waals surface area contributed by atoms with E-state index in [2.05, 4.69) is 10.4 Å². The quantitative estimate of drug-likeness (QED) is 0.863. The van der Waals surface area contributed by atoms with Crippen molar-refractivity contribution in [2.24, 2.45) is 0 Å². The summed E-state index contributed by atoms with van der Waals surface area (Å²) in [5, 5.41) is 17.0. The topological polar surface area (TPSA) is 79.9 Å². The average Bonchev–Trinajstić information content (AvgIpc) is 2.96. The first-order chi connectivity index (χ1) is 12.0. The van der Waals surface area contributed by atoms with Gasteiger partial charge in [-0.1, -0.05) is 13.0 Å². The molecule has 130 valence electrons. The number of halogens is 1. The van der Waals surface area contributed by atoms with Gasteiger partial charge in [-0.05, 0) is 24.6 Å². The summed E-state index contributed by atoms with van der Waals surface area (Å²) < 4.78 is 20.2. The van der Waals surface area contributed by atoms with Crippen molar-refractivity contribution in [3.05, 3.63) is 52.1 Å². The molecule has 0 aliphatic carbocycles. The molecule has 7 heteroatoms. The van der Waals surface area contributed by atoms with E-state index in [4.69, 9.17) is 4.74 Å². The average molecular weight is 342 g/mol. The Morgan fingerprint density at radius 2 is 2.36 bits per heavy atom. The molecule has 0 radical (unpaired) electrons. The molecule has 1 unspecified atom stereocenters. The molecule has 0 amide bonds. The third-order valence-corrected chi connectivity index (χ3v) is 4.29. The Kier molecular flexibility index (Phi) is 4.81. The maximum absolute atomic E-state index is 13.4. The molecule has 25 heavy (non-hydrogen) atoms. The summed E-state index contributed by atoms with van der Waals surface area (Å²) in [6, 6.07) is 6.13. The summed E-state index contributed by atoms with van der Waals surface area (Å²) in [5.41, 5.74) is 3.02. The molecule has 1 N–H and O–H groups in total. The molecular weight excluding hydrogens is 323 g/mol. The second-order valence-electron chi connectivity index (χ2n) is 6.04. The number of aromatic nitrogens is 2. The van der Waals surface area contributed by atoms with Crippen molar-refractivity contribution < 1.29 is 13.9 Å². The molecule has 2 heterocycles. The number of hydrogen-bond donors (Lipinski definition) is 1. The van der Waals surface area contributed by atoms with Crippen LogP contribution in [0.2, 0.25) is 0 Å². The highest BCUT2D eigenvalue weighted by molar-refractivity contribution is 5.89. The number of nitrogens with one attached hydrogen (secondary N) is 1. The fourth-order valence-corrected chi connectivity index (χ4v) is 3.18. The Morgan fingerprint density at radius 3 is 3.08 bits per heavy atom. The first-order valence-corrected chi connectivity index (χ1v) is 8.21. The molecule has 1 aliphatic heterocycles. The molecule has 2 aromatic rings. The van der Waals surface area contributed by atoms with Crippen molar-refractivity contribution in [3.8, 4) is 6.07 Å². The zero-order valence-electron chi connectivity index (χ0n) is 14.2. The van der Waals surface area contributed by atoms with Crippen molar-refractivity contribution in [1.29, 1.82) is 5.26 Å². The van der Waals surface area contributed by atoms with Crippen LogP contribution < -0.4 is 5.32 Å². The fraction of sp³-hybridized carbons (Fsp3) is 0.389. The Balaban J connectivity index is 2.05. The lowest BCUT2D eigenvalue weighted by molar-refractivity contribution is 0.0517. The van der Waals surface area contributed by atoms with E-state index in [1.807, 2.05) is 13.0 Å². The fourth-order valence-electron chi connectivity index (χ4n) is 3.18. The predicted molar refractivity (Wildman–Crippen MR) is 88.5 cm³/mol. The van der Waals surface area contributed by atoms with Crippen LogP contribution in [0.4, 0.5) is 4.39 Å². The van der Waals surface area contributed by atoms with Gasteiger partial charge in [0.2, 0.25) is 0 Å². The highest BCUT2D eigenvalue weighted by atomic mass is 19.1. The molecule has 3 rings (SSSR count). The normalized spacial score (nSPS) is 16.2. The minimum atomic E-state index is -0.451. The third kappa shape index (κ3) is 3.26. The lowest BCUT2D eigenvalue weighted by atomic mass is 9.97. The number of fused-ring (bicyclic) bond motifs is 1. The van der Waals surface area contributed by atoms with Crippen molar-refractivity contribution in [2.75, 3.05) is 13.2 Å². The van der Waals surface area contributed by atoms with Gasteiger partial charge in [-0.3, -0.25) is 4.68 Å². The number of esters is 1. The second-order valence-corrected chi connectivity index (χ2v) is 6.04. The lowest BCUT2D eigenvalue weighted by Gasteiger charge is -2.22. The standard InChI is InChI=1S/C18H19FN4O2/c1-3-25-18(24)16-15-9-21-8-11(2)17(15)23(22-16)10-12-4-5-14(19)6-13(12)7-20/h4-6,11,21H,3,8-10H2,1-2H3. The van der Waals surface area contributed by atoms with E-state index in [-0.39, 0.29) is 18.1 Å². The Labute approximate surface area is 145 Å². The largest absolute Gasteiger partial charge is 0.461 e. The molecular formula is C18H19FN4O2. The molecule has 1 aromatic heterocycles. The Morgan fingerprint density at radius 1 is 1.56 bits per heavy atom. The molecule has 0 saturated heterocycles. The van der Waals surface area contributed by atoms with Crippen molar-refractivity contribution >= 4 is 5.97 Å². The number of hydrogen-bond acceptors (Lipinski definition) is 5. The predicted octanol–water partition coefficient (Wildman–Crippen LogP) is 2.33. The van der Waals surface area contributed by atoms with Gasteiger partial charge < -0.3 is 10.1 Å². The maximum atomic E-state index is 13.4. The number of carbonyl (C=O) groups is 1. The molecule has 0 saturated carbocycles. The van der Waals surface area contributed by atoms with Gasteiger partial charge in [0, 0.05) is 30.3 Å². The van der Waals surface area contributed by atoms with E-state index in [1.165, 1.54) is 12.1 Å². The lowest BCUT2D eigenvalue weighted by Crippen LogP contribution is -2.29. The first-order valence-electron chi connectivity index (χ1n) is 8.21. The number of nitrogens with zero attached hydrogens (tertiary/aromatic N) is 3. The van der Waals surface area contributed by atoms with Gasteiger partial charge >= 0.3 is 5.97 Å². The molecule has 6 nitrogen and oxygen atoms in total. The summed E-state index contributed by atoms with van der Waals surface area (Å²) in [6.07, 6.45) is 0. The first kappa shape index (κ1) is 17.1. The van der Waals surface area contributed by atoms with Crippen LogP contribution in [0.25, 0.3) is 0 Å². The van der Waals surface area contributed by atoms with Crippen LogP contribution >= 0.6 is 0 Å². The maximum Gasteiger partial charge on any atom is 0.359 e. The van der Waals surface area contributed by atoms with E-state index in [1.54, 1.807) is 17.7 Å². The van der Waals surface area contributed by atoms with Gasteiger partial charge in [0.25, 0.3) is 0 Å². The minimum Gasteiger partial charge on any atom is -0.461 e. The molecule has 0 spiro atoms. The Bertz CT molecular complexity index is 853. The smallest absolute Gasteiger partial charge is 0.359 e. The summed E-state index contributed by atoms with van der Waals surface area (Å²) in [6.45, 7) is 5.70. The molecule has 1 atom stereocenters. The van der Waals surface area contributed by atoms with Crippen LogP contribution in [-0.2, 0) is 17.8 Å². The highest BCUT2D eigenvalue weighted by Gasteiger charge is 2.29. The summed E-state index contributed by atoms with van der Waals surface area (Å²) in [7, 11) is 0. The monoisotopic (exact) mass is 342 g/mol. The number of nitriles is 1. The van der Waals surface area contributed by atoms with Crippen LogP contribution in [0.5, 0.6) is 0 Å². The van der Waals surface area contributed by atoms with Crippen LogP contribution in [0.1, 0.15) is 52.6 Å². The van der Waals surface area contributed by atoms with E-state index in [0.29, 0.717) is 24.3 Å². The van der Waals surface area contributed by atoms with Gasteiger partial charge in [0.15, 0.2) is 5.69 Å². The molecule has 1 aliphatic rings. The summed E-state index contributed by atoms with van der Waals surface area (Å²) >= 11 is 0. The van der Waals surface area contributed by atoms with Crippen LogP contribution in [0.3, 0.4) is 0 Å². The highest BCUT2D eigenvalue weighted by Crippen LogP contribution is 2.28. The van der Waals surface area contributed by atoms with Gasteiger partial charge in [-0.15, -0.1) is 0 Å². The zero-order valence-corrected chi connectivity index (χ0v) is 14.2. The van der Waals surface area contributed by atoms with Gasteiger partial charge in [-0.25, -0.2) is 9.18 Å². The van der Waals surface area contributed by atoms with Crippen molar-refractivity contribution in [3.63, 3.8) is 0 Å². The number of rotatable bonds is 4. The minimum absolute atomic E-state index is 0.158. The van der Waals surface area contributed by atoms with E-state index in [9.17, 15) is 14.4 Å². The SMILES string of the molecule is CCOC(=O)c1nn(Cc2ccc(F)cc2C#N)c2c1CNCC2C. The van der Waals surface area contributed by atoms with Gasteiger partial charge in [0.1, 0.15) is 5.82 Å². The number of ether oxygens (including phenoxy) is 1.